The van der Waals surface area contributed by atoms with E-state index in [1.54, 1.807) is 14.1 Å². The van der Waals surface area contributed by atoms with Crippen LogP contribution in [0.1, 0.15) is 29.4 Å². The van der Waals surface area contributed by atoms with Crippen molar-refractivity contribution < 1.29 is 18.3 Å². The number of sulfonamides is 1. The van der Waals surface area contributed by atoms with Gasteiger partial charge in [-0.2, -0.15) is 0 Å². The summed E-state index contributed by atoms with van der Waals surface area (Å²) in [6, 6.07) is 1.30. The summed E-state index contributed by atoms with van der Waals surface area (Å²) >= 11 is 0. The third-order valence-electron chi connectivity index (χ3n) is 2.60. The first kappa shape index (κ1) is 13.1. The Morgan fingerprint density at radius 3 is 2.56 bits per heavy atom. The number of hydrazine groups is 1. The van der Waals surface area contributed by atoms with E-state index in [1.165, 1.54) is 21.8 Å². The summed E-state index contributed by atoms with van der Waals surface area (Å²) in [4.78, 5) is 13.3. The van der Waals surface area contributed by atoms with Crippen molar-refractivity contribution in [1.29, 1.82) is 0 Å². The zero-order valence-corrected chi connectivity index (χ0v) is 10.9. The molecule has 0 unspecified atom stereocenters. The van der Waals surface area contributed by atoms with E-state index in [4.69, 9.17) is 5.11 Å². The van der Waals surface area contributed by atoms with Crippen LogP contribution >= 0.6 is 0 Å². The van der Waals surface area contributed by atoms with Crippen molar-refractivity contribution in [3.05, 3.63) is 18.0 Å². The lowest BCUT2D eigenvalue weighted by molar-refractivity contribution is 0.0685. The molecule has 2 N–H and O–H groups in total. The van der Waals surface area contributed by atoms with Gasteiger partial charge in [0.1, 0.15) is 10.6 Å². The predicted molar refractivity (Wildman–Crippen MR) is 63.7 cm³/mol. The number of nitrogens with one attached hydrogen (secondary N) is 1. The molecule has 1 saturated carbocycles. The fraction of sp³-hybridized carbons (Fsp3) is 0.500. The first-order valence-corrected chi connectivity index (χ1v) is 6.94. The first-order valence-electron chi connectivity index (χ1n) is 5.46. The number of carboxylic acid groups (broad SMARTS) is 1. The fourth-order valence-electron chi connectivity index (χ4n) is 1.72. The highest BCUT2D eigenvalue weighted by molar-refractivity contribution is 7.89. The molecule has 1 aliphatic carbocycles. The summed E-state index contributed by atoms with van der Waals surface area (Å²) in [5, 5.41) is 10.4. The van der Waals surface area contributed by atoms with Crippen LogP contribution in [0.3, 0.4) is 0 Å². The Bertz CT molecular complexity index is 572. The van der Waals surface area contributed by atoms with Crippen molar-refractivity contribution in [2.75, 3.05) is 14.1 Å². The maximum Gasteiger partial charge on any atom is 0.352 e. The van der Waals surface area contributed by atoms with Crippen LogP contribution in [-0.4, -0.2) is 43.2 Å². The van der Waals surface area contributed by atoms with Gasteiger partial charge in [-0.1, -0.05) is 0 Å². The minimum absolute atomic E-state index is 0.0108. The molecular formula is C10H15N3O4S. The van der Waals surface area contributed by atoms with E-state index >= 15 is 0 Å². The lowest BCUT2D eigenvalue weighted by Crippen LogP contribution is -2.35. The maximum atomic E-state index is 11.9. The highest BCUT2D eigenvalue weighted by atomic mass is 32.2. The minimum atomic E-state index is -3.71. The van der Waals surface area contributed by atoms with E-state index in [-0.39, 0.29) is 16.6 Å². The molecule has 18 heavy (non-hydrogen) atoms. The molecule has 0 atom stereocenters. The second-order valence-corrected chi connectivity index (χ2v) is 6.15. The van der Waals surface area contributed by atoms with Gasteiger partial charge in [-0.05, 0) is 18.9 Å². The molecule has 8 heteroatoms. The molecule has 0 saturated heterocycles. The highest BCUT2D eigenvalue weighted by Crippen LogP contribution is 2.37. The van der Waals surface area contributed by atoms with E-state index < -0.39 is 16.0 Å². The van der Waals surface area contributed by atoms with Gasteiger partial charge < -0.3 is 9.67 Å². The molecule has 7 nitrogen and oxygen atoms in total. The maximum absolute atomic E-state index is 11.9. The SMILES string of the molecule is CN(C)NS(=O)(=O)c1cc(C(=O)O)n(C2CC2)c1. The topological polar surface area (TPSA) is 91.6 Å². The van der Waals surface area contributed by atoms with Gasteiger partial charge in [-0.25, -0.2) is 18.2 Å². The summed E-state index contributed by atoms with van der Waals surface area (Å²) in [6.45, 7) is 0. The summed E-state index contributed by atoms with van der Waals surface area (Å²) in [6.07, 6.45) is 3.15. The van der Waals surface area contributed by atoms with E-state index in [0.717, 1.165) is 12.8 Å². The Hall–Kier alpha value is -1.38. The molecule has 0 aliphatic heterocycles. The second kappa shape index (κ2) is 4.38. The number of hydrogen-bond donors (Lipinski definition) is 2. The summed E-state index contributed by atoms with van der Waals surface area (Å²) in [7, 11) is -0.610. The average Bonchev–Trinajstić information content (AvgIpc) is 2.94. The molecule has 1 heterocycles. The number of carbonyl (C=O) groups is 1. The van der Waals surface area contributed by atoms with Crippen LogP contribution in [0.2, 0.25) is 0 Å². The Labute approximate surface area is 105 Å². The average molecular weight is 273 g/mol. The molecule has 1 fully saturated rings. The van der Waals surface area contributed by atoms with E-state index in [2.05, 4.69) is 4.83 Å². The molecule has 1 aromatic heterocycles. The largest absolute Gasteiger partial charge is 0.477 e. The summed E-state index contributed by atoms with van der Waals surface area (Å²) < 4.78 is 25.3. The van der Waals surface area contributed by atoms with Crippen LogP contribution < -0.4 is 4.83 Å². The quantitative estimate of drug-likeness (QED) is 0.752. The van der Waals surface area contributed by atoms with Crippen LogP contribution in [0, 0.1) is 0 Å². The Morgan fingerprint density at radius 1 is 1.50 bits per heavy atom. The molecule has 100 valence electrons. The van der Waals surface area contributed by atoms with Crippen LogP contribution in [-0.2, 0) is 10.0 Å². The first-order chi connectivity index (χ1) is 8.31. The molecule has 0 aromatic carbocycles. The Kier molecular flexibility index (Phi) is 3.18. The molecule has 0 bridgehead atoms. The number of carboxylic acids is 1. The summed E-state index contributed by atoms with van der Waals surface area (Å²) in [5.74, 6) is -1.12. The number of aromatic nitrogens is 1. The van der Waals surface area contributed by atoms with E-state index in [0.29, 0.717) is 0 Å². The van der Waals surface area contributed by atoms with Crippen molar-refractivity contribution >= 4 is 16.0 Å². The highest BCUT2D eigenvalue weighted by Gasteiger charge is 2.30. The van der Waals surface area contributed by atoms with Gasteiger partial charge >= 0.3 is 5.97 Å². The van der Waals surface area contributed by atoms with Gasteiger partial charge in [-0.3, -0.25) is 0 Å². The zero-order chi connectivity index (χ0) is 13.5. The van der Waals surface area contributed by atoms with Gasteiger partial charge in [-0.15, -0.1) is 4.83 Å². The number of rotatable bonds is 5. The van der Waals surface area contributed by atoms with Gasteiger partial charge in [0.2, 0.25) is 0 Å². The molecule has 0 radical (unpaired) electrons. The van der Waals surface area contributed by atoms with Crippen molar-refractivity contribution in [1.82, 2.24) is 14.4 Å². The smallest absolute Gasteiger partial charge is 0.352 e. The number of nitrogens with zero attached hydrogens (tertiary/aromatic N) is 2. The standard InChI is InChI=1S/C10H15N3O4S/c1-12(2)11-18(16,17)8-5-9(10(14)15)13(6-8)7-3-4-7/h5-7,11H,3-4H2,1-2H3,(H,14,15). The molecule has 1 aromatic rings. The molecule has 0 spiro atoms. The fourth-order valence-corrected chi connectivity index (χ4v) is 2.83. The molecule has 2 rings (SSSR count). The summed E-state index contributed by atoms with van der Waals surface area (Å²) in [5.41, 5.74) is 0.0108. The van der Waals surface area contributed by atoms with Gasteiger partial charge in [0.25, 0.3) is 10.0 Å². The van der Waals surface area contributed by atoms with Gasteiger partial charge in [0.05, 0.1) is 0 Å². The van der Waals surface area contributed by atoms with Crippen molar-refractivity contribution in [3.63, 3.8) is 0 Å². The van der Waals surface area contributed by atoms with Crippen molar-refractivity contribution in [3.8, 4) is 0 Å². The molecule has 0 amide bonds. The van der Waals surface area contributed by atoms with Gasteiger partial charge in [0.15, 0.2) is 0 Å². The van der Waals surface area contributed by atoms with E-state index in [1.807, 2.05) is 0 Å². The number of hydrogen-bond acceptors (Lipinski definition) is 4. The second-order valence-electron chi connectivity index (χ2n) is 4.49. The Balaban J connectivity index is 2.40. The van der Waals surface area contributed by atoms with Crippen molar-refractivity contribution in [2.24, 2.45) is 0 Å². The van der Waals surface area contributed by atoms with Crippen LogP contribution in [0.4, 0.5) is 0 Å². The zero-order valence-electron chi connectivity index (χ0n) is 10.1. The van der Waals surface area contributed by atoms with Crippen molar-refractivity contribution in [2.45, 2.75) is 23.8 Å². The van der Waals surface area contributed by atoms with E-state index in [9.17, 15) is 13.2 Å². The third kappa shape index (κ3) is 2.55. The normalized spacial score (nSPS) is 16.2. The Morgan fingerprint density at radius 2 is 2.11 bits per heavy atom. The molecular weight excluding hydrogens is 258 g/mol. The minimum Gasteiger partial charge on any atom is -0.477 e. The molecule has 1 aliphatic rings. The van der Waals surface area contributed by atoms with Gasteiger partial charge in [0, 0.05) is 26.3 Å². The van der Waals surface area contributed by atoms with Crippen LogP contribution in [0.15, 0.2) is 17.2 Å². The predicted octanol–water partition coefficient (Wildman–Crippen LogP) is 0.276. The third-order valence-corrected chi connectivity index (χ3v) is 4.05. The monoisotopic (exact) mass is 273 g/mol. The lowest BCUT2D eigenvalue weighted by Gasteiger charge is -2.10. The number of aromatic carboxylic acids is 1. The van der Waals surface area contributed by atoms with Crippen LogP contribution in [0.25, 0.3) is 0 Å². The lowest BCUT2D eigenvalue weighted by atomic mass is 10.4. The van der Waals surface area contributed by atoms with Crippen LogP contribution in [0.5, 0.6) is 0 Å².